The molecule has 0 aliphatic heterocycles. The van der Waals surface area contributed by atoms with E-state index in [4.69, 9.17) is 4.74 Å². The lowest BCUT2D eigenvalue weighted by molar-refractivity contribution is -0.151. The second-order valence-corrected chi connectivity index (χ2v) is 5.63. The highest BCUT2D eigenvalue weighted by atomic mass is 19.1. The summed E-state index contributed by atoms with van der Waals surface area (Å²) in [7, 11) is 0. The molecule has 1 aromatic carbocycles. The van der Waals surface area contributed by atoms with Crippen LogP contribution in [0.5, 0.6) is 0 Å². The van der Waals surface area contributed by atoms with Crippen molar-refractivity contribution in [1.82, 2.24) is 5.32 Å². The zero-order valence-electron chi connectivity index (χ0n) is 12.3. The van der Waals surface area contributed by atoms with Gasteiger partial charge in [-0.2, -0.15) is 0 Å². The minimum absolute atomic E-state index is 0.300. The summed E-state index contributed by atoms with van der Waals surface area (Å²) in [6, 6.07) is 4.91. The maximum Gasteiger partial charge on any atom is 0.330 e. The third kappa shape index (κ3) is 3.18. The molecule has 2 rings (SSSR count). The third-order valence-corrected chi connectivity index (χ3v) is 3.87. The van der Waals surface area contributed by atoms with E-state index in [1.165, 1.54) is 18.9 Å². The van der Waals surface area contributed by atoms with E-state index in [0.29, 0.717) is 23.7 Å². The molecule has 1 unspecified atom stereocenters. The minimum Gasteiger partial charge on any atom is -0.464 e. The number of benzene rings is 1. The molecule has 0 heterocycles. The summed E-state index contributed by atoms with van der Waals surface area (Å²) in [4.78, 5) is 12.3. The predicted octanol–water partition coefficient (Wildman–Crippen LogP) is 2.91. The number of halogens is 1. The van der Waals surface area contributed by atoms with Crippen molar-refractivity contribution in [1.29, 1.82) is 0 Å². The van der Waals surface area contributed by atoms with Crippen molar-refractivity contribution < 1.29 is 13.9 Å². The highest BCUT2D eigenvalue weighted by Crippen LogP contribution is 2.31. The lowest BCUT2D eigenvalue weighted by Crippen LogP contribution is -2.48. The van der Waals surface area contributed by atoms with Crippen LogP contribution in [0.1, 0.15) is 37.8 Å². The van der Waals surface area contributed by atoms with Crippen LogP contribution < -0.4 is 5.32 Å². The smallest absolute Gasteiger partial charge is 0.330 e. The summed E-state index contributed by atoms with van der Waals surface area (Å²) in [5, 5.41) is 3.26. The van der Waals surface area contributed by atoms with Gasteiger partial charge in [-0.25, -0.2) is 9.18 Å². The SMILES string of the molecule is CCOC(=O)C(C)(NCC1CC1)c1ccc(C)c(F)c1. The Morgan fingerprint density at radius 1 is 1.50 bits per heavy atom. The lowest BCUT2D eigenvalue weighted by atomic mass is 9.91. The van der Waals surface area contributed by atoms with Crippen molar-refractivity contribution in [2.24, 2.45) is 5.92 Å². The van der Waals surface area contributed by atoms with Gasteiger partial charge in [0.05, 0.1) is 6.61 Å². The van der Waals surface area contributed by atoms with Crippen molar-refractivity contribution in [3.05, 3.63) is 35.1 Å². The average Bonchev–Trinajstić information content (AvgIpc) is 3.23. The number of rotatable bonds is 6. The Labute approximate surface area is 119 Å². The zero-order valence-corrected chi connectivity index (χ0v) is 12.3. The lowest BCUT2D eigenvalue weighted by Gasteiger charge is -2.29. The van der Waals surface area contributed by atoms with Gasteiger partial charge in [-0.1, -0.05) is 12.1 Å². The molecule has 110 valence electrons. The van der Waals surface area contributed by atoms with Crippen LogP contribution in [0.25, 0.3) is 0 Å². The first-order chi connectivity index (χ1) is 9.47. The topological polar surface area (TPSA) is 38.3 Å². The van der Waals surface area contributed by atoms with Gasteiger partial charge in [0.15, 0.2) is 0 Å². The fourth-order valence-electron chi connectivity index (χ4n) is 2.14. The van der Waals surface area contributed by atoms with Crippen molar-refractivity contribution in [2.45, 2.75) is 39.2 Å². The number of carbonyl (C=O) groups is 1. The number of hydrogen-bond acceptors (Lipinski definition) is 3. The highest BCUT2D eigenvalue weighted by Gasteiger charge is 2.38. The van der Waals surface area contributed by atoms with Crippen LogP contribution in [0.2, 0.25) is 0 Å². The molecule has 3 nitrogen and oxygen atoms in total. The molecule has 1 aliphatic carbocycles. The maximum atomic E-state index is 13.8. The van der Waals surface area contributed by atoms with Crippen molar-refractivity contribution in [3.63, 3.8) is 0 Å². The zero-order chi connectivity index (χ0) is 14.8. The monoisotopic (exact) mass is 279 g/mol. The maximum absolute atomic E-state index is 13.8. The molecule has 1 aliphatic rings. The number of aryl methyl sites for hydroxylation is 1. The first-order valence-electron chi connectivity index (χ1n) is 7.16. The van der Waals surface area contributed by atoms with Crippen LogP contribution >= 0.6 is 0 Å². The number of carbonyl (C=O) groups excluding carboxylic acids is 1. The first kappa shape index (κ1) is 15.0. The molecule has 20 heavy (non-hydrogen) atoms. The highest BCUT2D eigenvalue weighted by molar-refractivity contribution is 5.82. The van der Waals surface area contributed by atoms with E-state index >= 15 is 0 Å². The average molecular weight is 279 g/mol. The largest absolute Gasteiger partial charge is 0.464 e. The van der Waals surface area contributed by atoms with Gasteiger partial charge in [0.25, 0.3) is 0 Å². The minimum atomic E-state index is -0.993. The van der Waals surface area contributed by atoms with E-state index in [1.807, 2.05) is 0 Å². The van der Waals surface area contributed by atoms with E-state index in [-0.39, 0.29) is 11.8 Å². The Bertz CT molecular complexity index is 499. The predicted molar refractivity (Wildman–Crippen MR) is 75.8 cm³/mol. The molecule has 1 fully saturated rings. The Kier molecular flexibility index (Phi) is 4.43. The van der Waals surface area contributed by atoms with Crippen LogP contribution in [0.3, 0.4) is 0 Å². The van der Waals surface area contributed by atoms with E-state index < -0.39 is 5.54 Å². The van der Waals surface area contributed by atoms with E-state index in [1.54, 1.807) is 32.9 Å². The molecule has 1 saturated carbocycles. The van der Waals surface area contributed by atoms with Crippen LogP contribution in [0.4, 0.5) is 4.39 Å². The molecule has 1 N–H and O–H groups in total. The summed E-state index contributed by atoms with van der Waals surface area (Å²) < 4.78 is 19.0. The van der Waals surface area contributed by atoms with Gasteiger partial charge in [0.1, 0.15) is 11.4 Å². The van der Waals surface area contributed by atoms with Crippen LogP contribution in [-0.2, 0) is 15.1 Å². The van der Waals surface area contributed by atoms with Gasteiger partial charge in [-0.3, -0.25) is 5.32 Å². The van der Waals surface area contributed by atoms with Crippen molar-refractivity contribution >= 4 is 5.97 Å². The molecule has 0 saturated heterocycles. The molecule has 0 radical (unpaired) electrons. The van der Waals surface area contributed by atoms with Gasteiger partial charge in [0, 0.05) is 0 Å². The van der Waals surface area contributed by atoms with E-state index in [0.717, 1.165) is 6.54 Å². The fraction of sp³-hybridized carbons (Fsp3) is 0.562. The molecule has 1 atom stereocenters. The molecule has 0 bridgehead atoms. The van der Waals surface area contributed by atoms with Gasteiger partial charge in [0.2, 0.25) is 0 Å². The summed E-state index contributed by atoms with van der Waals surface area (Å²) in [6.07, 6.45) is 2.38. The number of nitrogens with one attached hydrogen (secondary N) is 1. The van der Waals surface area contributed by atoms with Crippen molar-refractivity contribution in [2.75, 3.05) is 13.2 Å². The Morgan fingerprint density at radius 2 is 2.20 bits per heavy atom. The van der Waals surface area contributed by atoms with Crippen LogP contribution in [0.15, 0.2) is 18.2 Å². The third-order valence-electron chi connectivity index (χ3n) is 3.87. The number of esters is 1. The second kappa shape index (κ2) is 5.92. The Morgan fingerprint density at radius 3 is 2.75 bits per heavy atom. The molecule has 0 aromatic heterocycles. The molecule has 4 heteroatoms. The summed E-state index contributed by atoms with van der Waals surface area (Å²) in [5.41, 5.74) is 0.189. The second-order valence-electron chi connectivity index (χ2n) is 5.63. The first-order valence-corrected chi connectivity index (χ1v) is 7.16. The van der Waals surface area contributed by atoms with Crippen LogP contribution in [0, 0.1) is 18.7 Å². The Hall–Kier alpha value is -1.42. The molecule has 0 amide bonds. The van der Waals surface area contributed by atoms with Crippen molar-refractivity contribution in [3.8, 4) is 0 Å². The summed E-state index contributed by atoms with van der Waals surface area (Å²) in [6.45, 7) is 6.31. The summed E-state index contributed by atoms with van der Waals surface area (Å²) >= 11 is 0. The fourth-order valence-corrected chi connectivity index (χ4v) is 2.14. The molecule has 0 spiro atoms. The number of hydrogen-bond donors (Lipinski definition) is 1. The van der Waals surface area contributed by atoms with Gasteiger partial charge in [-0.15, -0.1) is 0 Å². The van der Waals surface area contributed by atoms with Gasteiger partial charge >= 0.3 is 5.97 Å². The molecule has 1 aromatic rings. The quantitative estimate of drug-likeness (QED) is 0.814. The number of ether oxygens (including phenoxy) is 1. The summed E-state index contributed by atoms with van der Waals surface area (Å²) in [5.74, 6) is -0.0332. The Balaban J connectivity index is 2.27. The van der Waals surface area contributed by atoms with E-state index in [9.17, 15) is 9.18 Å². The molecular weight excluding hydrogens is 257 g/mol. The van der Waals surface area contributed by atoms with Gasteiger partial charge in [-0.05, 0) is 63.3 Å². The van der Waals surface area contributed by atoms with Gasteiger partial charge < -0.3 is 4.74 Å². The van der Waals surface area contributed by atoms with Crippen LogP contribution in [-0.4, -0.2) is 19.1 Å². The van der Waals surface area contributed by atoms with E-state index in [2.05, 4.69) is 5.32 Å². The molecular formula is C16H22FNO2. The normalized spacial score (nSPS) is 17.6. The standard InChI is InChI=1S/C16H22FNO2/c1-4-20-15(19)16(3,18-10-12-6-7-12)13-8-5-11(2)14(17)9-13/h5,8-9,12,18H,4,6-7,10H2,1-3H3.